The number of amides is 1. The molecule has 0 aliphatic heterocycles. The Hall–Kier alpha value is -1.65. The Morgan fingerprint density at radius 1 is 1.33 bits per heavy atom. The average Bonchev–Trinajstić information content (AvgIpc) is 2.34. The van der Waals surface area contributed by atoms with E-state index < -0.39 is 23.3 Å². The van der Waals surface area contributed by atoms with Gasteiger partial charge in [0, 0.05) is 25.6 Å². The molecule has 0 heterocycles. The van der Waals surface area contributed by atoms with E-state index in [1.165, 1.54) is 17.0 Å². The number of benzene rings is 1. The number of hydrogen-bond donors (Lipinski definition) is 0. The Balaban J connectivity index is 2.80. The lowest BCUT2D eigenvalue weighted by Gasteiger charge is -2.27. The number of nitrogens with zero attached hydrogens (tertiary/aromatic N) is 1. The maximum absolute atomic E-state index is 13.8. The highest BCUT2D eigenvalue weighted by Crippen LogP contribution is 2.24. The first-order chi connectivity index (χ1) is 9.64. The molecule has 0 radical (unpaired) electrons. The topological polar surface area (TPSA) is 29.5 Å². The Morgan fingerprint density at radius 3 is 2.43 bits per heavy atom. The molecule has 0 bridgehead atoms. The second-order valence-electron chi connectivity index (χ2n) is 6.13. The fraction of sp³-hybridized carbons (Fsp3) is 0.562. The quantitative estimate of drug-likeness (QED) is 0.828. The standard InChI is InChI=1S/C16H23F2NO2/c1-6-11(13-8-7-12(17)9-14(13)18)10-19(5)15(20)21-16(2,3)4/h7-9,11H,6,10H2,1-5H3. The molecular weight excluding hydrogens is 276 g/mol. The summed E-state index contributed by atoms with van der Waals surface area (Å²) < 4.78 is 32.1. The lowest BCUT2D eigenvalue weighted by molar-refractivity contribution is 0.0287. The van der Waals surface area contributed by atoms with Crippen LogP contribution in [0.1, 0.15) is 45.6 Å². The van der Waals surface area contributed by atoms with E-state index in [1.807, 2.05) is 6.92 Å². The van der Waals surface area contributed by atoms with E-state index in [-0.39, 0.29) is 5.92 Å². The Morgan fingerprint density at radius 2 is 1.95 bits per heavy atom. The molecule has 0 saturated carbocycles. The van der Waals surface area contributed by atoms with E-state index in [2.05, 4.69) is 0 Å². The molecule has 118 valence electrons. The third-order valence-electron chi connectivity index (χ3n) is 3.09. The number of ether oxygens (including phenoxy) is 1. The summed E-state index contributed by atoms with van der Waals surface area (Å²) in [4.78, 5) is 13.3. The van der Waals surface area contributed by atoms with Crippen molar-refractivity contribution in [3.63, 3.8) is 0 Å². The highest BCUT2D eigenvalue weighted by Gasteiger charge is 2.23. The zero-order valence-electron chi connectivity index (χ0n) is 13.2. The number of carbonyl (C=O) groups excluding carboxylic acids is 1. The van der Waals surface area contributed by atoms with Gasteiger partial charge in [-0.25, -0.2) is 13.6 Å². The van der Waals surface area contributed by atoms with Gasteiger partial charge in [-0.2, -0.15) is 0 Å². The van der Waals surface area contributed by atoms with Crippen LogP contribution in [0.3, 0.4) is 0 Å². The minimum atomic E-state index is -0.605. The summed E-state index contributed by atoms with van der Waals surface area (Å²) in [7, 11) is 1.61. The molecule has 1 amide bonds. The van der Waals surface area contributed by atoms with Crippen LogP contribution in [0, 0.1) is 11.6 Å². The molecule has 3 nitrogen and oxygen atoms in total. The van der Waals surface area contributed by atoms with Crippen LogP contribution in [0.25, 0.3) is 0 Å². The van der Waals surface area contributed by atoms with Gasteiger partial charge in [0.25, 0.3) is 0 Å². The van der Waals surface area contributed by atoms with Gasteiger partial charge in [-0.05, 0) is 38.8 Å². The van der Waals surface area contributed by atoms with Gasteiger partial charge in [0.15, 0.2) is 0 Å². The molecular formula is C16H23F2NO2. The molecule has 0 saturated heterocycles. The van der Waals surface area contributed by atoms with Crippen LogP contribution in [0.15, 0.2) is 18.2 Å². The molecule has 0 fully saturated rings. The summed E-state index contributed by atoms with van der Waals surface area (Å²) in [5.74, 6) is -1.39. The van der Waals surface area contributed by atoms with E-state index in [0.717, 1.165) is 6.07 Å². The van der Waals surface area contributed by atoms with Crippen LogP contribution in [-0.4, -0.2) is 30.2 Å². The van der Waals surface area contributed by atoms with Gasteiger partial charge in [-0.3, -0.25) is 0 Å². The maximum Gasteiger partial charge on any atom is 0.410 e. The fourth-order valence-corrected chi connectivity index (χ4v) is 2.02. The largest absolute Gasteiger partial charge is 0.444 e. The zero-order chi connectivity index (χ0) is 16.2. The molecule has 5 heteroatoms. The van der Waals surface area contributed by atoms with Crippen molar-refractivity contribution in [1.82, 2.24) is 4.90 Å². The van der Waals surface area contributed by atoms with Crippen LogP contribution in [0.2, 0.25) is 0 Å². The molecule has 1 aromatic rings. The Labute approximate surface area is 124 Å². The van der Waals surface area contributed by atoms with Gasteiger partial charge in [-0.15, -0.1) is 0 Å². The van der Waals surface area contributed by atoms with E-state index in [0.29, 0.717) is 18.5 Å². The molecule has 1 aromatic carbocycles. The number of carbonyl (C=O) groups is 1. The average molecular weight is 299 g/mol. The minimum Gasteiger partial charge on any atom is -0.444 e. The number of rotatable bonds is 4. The first-order valence-electron chi connectivity index (χ1n) is 7.03. The summed E-state index contributed by atoms with van der Waals surface area (Å²) in [6.07, 6.45) is 0.179. The number of likely N-dealkylation sites (N-methyl/N-ethyl adjacent to an activating group) is 1. The van der Waals surface area contributed by atoms with Crippen molar-refractivity contribution in [2.24, 2.45) is 0 Å². The second-order valence-corrected chi connectivity index (χ2v) is 6.13. The van der Waals surface area contributed by atoms with E-state index in [4.69, 9.17) is 4.74 Å². The second kappa shape index (κ2) is 6.87. The van der Waals surface area contributed by atoms with E-state index in [1.54, 1.807) is 27.8 Å². The first-order valence-corrected chi connectivity index (χ1v) is 7.03. The lowest BCUT2D eigenvalue weighted by Crippen LogP contribution is -2.36. The molecule has 1 rings (SSSR count). The van der Waals surface area contributed by atoms with Gasteiger partial charge in [0.05, 0.1) is 0 Å². The van der Waals surface area contributed by atoms with E-state index >= 15 is 0 Å². The van der Waals surface area contributed by atoms with Crippen molar-refractivity contribution < 1.29 is 18.3 Å². The molecule has 0 aliphatic rings. The summed E-state index contributed by atoms with van der Waals surface area (Å²) in [5, 5.41) is 0. The molecule has 1 atom stereocenters. The fourth-order valence-electron chi connectivity index (χ4n) is 2.02. The smallest absolute Gasteiger partial charge is 0.410 e. The molecule has 0 N–H and O–H groups in total. The summed E-state index contributed by atoms with van der Waals surface area (Å²) in [6.45, 7) is 7.57. The number of hydrogen-bond acceptors (Lipinski definition) is 2. The van der Waals surface area contributed by atoms with Gasteiger partial charge in [0.2, 0.25) is 0 Å². The zero-order valence-corrected chi connectivity index (χ0v) is 13.2. The van der Waals surface area contributed by atoms with Crippen LogP contribution < -0.4 is 0 Å². The lowest BCUT2D eigenvalue weighted by atomic mass is 9.95. The third-order valence-corrected chi connectivity index (χ3v) is 3.09. The minimum absolute atomic E-state index is 0.205. The Kier molecular flexibility index (Phi) is 5.70. The molecule has 1 unspecified atom stereocenters. The molecule has 0 spiro atoms. The van der Waals surface area contributed by atoms with Gasteiger partial charge >= 0.3 is 6.09 Å². The van der Waals surface area contributed by atoms with Crippen molar-refractivity contribution in [1.29, 1.82) is 0 Å². The molecule has 21 heavy (non-hydrogen) atoms. The van der Waals surface area contributed by atoms with Crippen molar-refractivity contribution in [2.45, 2.75) is 45.6 Å². The summed E-state index contributed by atoms with van der Waals surface area (Å²) in [6, 6.07) is 3.53. The van der Waals surface area contributed by atoms with Crippen molar-refractivity contribution >= 4 is 6.09 Å². The van der Waals surface area contributed by atoms with Crippen LogP contribution in [0.4, 0.5) is 13.6 Å². The first kappa shape index (κ1) is 17.4. The normalized spacial score (nSPS) is 12.9. The predicted octanol–water partition coefficient (Wildman–Crippen LogP) is 4.33. The van der Waals surface area contributed by atoms with Gasteiger partial charge in [-0.1, -0.05) is 13.0 Å². The highest BCUT2D eigenvalue weighted by atomic mass is 19.1. The monoisotopic (exact) mass is 299 g/mol. The highest BCUT2D eigenvalue weighted by molar-refractivity contribution is 5.67. The van der Waals surface area contributed by atoms with Gasteiger partial charge < -0.3 is 9.64 Å². The van der Waals surface area contributed by atoms with Crippen molar-refractivity contribution in [3.05, 3.63) is 35.4 Å². The van der Waals surface area contributed by atoms with Gasteiger partial charge in [0.1, 0.15) is 17.2 Å². The van der Waals surface area contributed by atoms with Crippen LogP contribution in [0.5, 0.6) is 0 Å². The third kappa shape index (κ3) is 5.33. The maximum atomic E-state index is 13.8. The summed E-state index contributed by atoms with van der Waals surface area (Å²) in [5.41, 5.74) is -0.164. The number of halogens is 2. The van der Waals surface area contributed by atoms with Crippen LogP contribution in [-0.2, 0) is 4.74 Å². The SMILES string of the molecule is CCC(CN(C)C(=O)OC(C)(C)C)c1ccc(F)cc1F. The molecule has 0 aromatic heterocycles. The summed E-state index contributed by atoms with van der Waals surface area (Å²) >= 11 is 0. The Bertz CT molecular complexity index is 498. The van der Waals surface area contributed by atoms with Crippen LogP contribution >= 0.6 is 0 Å². The van der Waals surface area contributed by atoms with Crippen molar-refractivity contribution in [3.8, 4) is 0 Å². The predicted molar refractivity (Wildman–Crippen MR) is 78.3 cm³/mol. The van der Waals surface area contributed by atoms with Crippen molar-refractivity contribution in [2.75, 3.05) is 13.6 Å². The molecule has 0 aliphatic carbocycles. The van der Waals surface area contributed by atoms with E-state index in [9.17, 15) is 13.6 Å².